The van der Waals surface area contributed by atoms with Crippen LogP contribution in [0.5, 0.6) is 5.75 Å². The molecule has 7 heteroatoms. The minimum Gasteiger partial charge on any atom is -0.497 e. The van der Waals surface area contributed by atoms with Crippen molar-refractivity contribution in [2.24, 2.45) is 0 Å². The fourth-order valence-electron chi connectivity index (χ4n) is 3.73. The van der Waals surface area contributed by atoms with Crippen LogP contribution < -0.4 is 14.5 Å². The monoisotopic (exact) mass is 426 g/mol. The molecule has 1 aromatic heterocycles. The summed E-state index contributed by atoms with van der Waals surface area (Å²) in [5.41, 5.74) is 2.74. The normalized spacial score (nSPS) is 14.7. The summed E-state index contributed by atoms with van der Waals surface area (Å²) in [6, 6.07) is 13.5. The van der Waals surface area contributed by atoms with Gasteiger partial charge >= 0.3 is 0 Å². The molecular weight excluding hydrogens is 398 g/mol. The van der Waals surface area contributed by atoms with E-state index in [4.69, 9.17) is 14.5 Å². The van der Waals surface area contributed by atoms with Crippen LogP contribution in [0, 0.1) is 6.92 Å². The van der Waals surface area contributed by atoms with Crippen LogP contribution >= 0.6 is 11.3 Å². The van der Waals surface area contributed by atoms with Gasteiger partial charge in [-0.2, -0.15) is 0 Å². The topological polar surface area (TPSA) is 56.1 Å². The number of benzene rings is 2. The van der Waals surface area contributed by atoms with Gasteiger partial charge in [0.2, 0.25) is 0 Å². The first-order valence-electron chi connectivity index (χ1n) is 10.4. The fourth-order valence-corrected chi connectivity index (χ4v) is 4.82. The second-order valence-corrected chi connectivity index (χ2v) is 8.63. The van der Waals surface area contributed by atoms with Crippen LogP contribution in [0.1, 0.15) is 22.3 Å². The zero-order chi connectivity index (χ0) is 20.9. The molecule has 0 aliphatic carbocycles. The number of rotatable bonds is 7. The van der Waals surface area contributed by atoms with Crippen molar-refractivity contribution in [1.82, 2.24) is 4.98 Å². The number of thiazole rings is 1. The van der Waals surface area contributed by atoms with Gasteiger partial charge in [0, 0.05) is 18.5 Å². The van der Waals surface area contributed by atoms with Crippen molar-refractivity contribution in [2.75, 3.05) is 51.4 Å². The fraction of sp³-hybridized carbons (Fsp3) is 0.391. The first-order valence-corrected chi connectivity index (χ1v) is 11.2. The zero-order valence-electron chi connectivity index (χ0n) is 17.5. The van der Waals surface area contributed by atoms with Crippen molar-refractivity contribution in [3.8, 4) is 5.75 Å². The minimum absolute atomic E-state index is 0.0401. The highest BCUT2D eigenvalue weighted by molar-refractivity contribution is 7.22. The van der Waals surface area contributed by atoms with Gasteiger partial charge in [-0.1, -0.05) is 23.5 Å². The molecule has 1 fully saturated rings. The molecule has 1 N–H and O–H groups in total. The molecule has 1 saturated heterocycles. The van der Waals surface area contributed by atoms with Gasteiger partial charge in [-0.15, -0.1) is 0 Å². The Labute approximate surface area is 181 Å². The SMILES string of the molecule is COc1cccc(C(=O)N(CCC[NH+]2CCOCC2)c2nc3ccc(C)cc3s2)c1. The molecule has 0 atom stereocenters. The average molecular weight is 427 g/mol. The van der Waals surface area contributed by atoms with Crippen molar-refractivity contribution in [2.45, 2.75) is 13.3 Å². The molecule has 1 amide bonds. The standard InChI is InChI=1S/C23H27N3O3S/c1-17-7-8-20-21(15-17)30-23(24-20)26(10-4-9-25-11-13-29-14-12-25)22(27)18-5-3-6-19(16-18)28-2/h3,5-8,15-16H,4,9-14H2,1-2H3/p+1. The lowest BCUT2D eigenvalue weighted by molar-refractivity contribution is -0.908. The molecule has 0 radical (unpaired) electrons. The predicted octanol–water partition coefficient (Wildman–Crippen LogP) is 2.57. The van der Waals surface area contributed by atoms with Crippen LogP contribution in [0.25, 0.3) is 10.2 Å². The Morgan fingerprint density at radius 1 is 1.23 bits per heavy atom. The smallest absolute Gasteiger partial charge is 0.260 e. The lowest BCUT2D eigenvalue weighted by Gasteiger charge is -2.25. The van der Waals surface area contributed by atoms with Gasteiger partial charge in [0.25, 0.3) is 5.91 Å². The van der Waals surface area contributed by atoms with Crippen molar-refractivity contribution in [3.05, 3.63) is 53.6 Å². The summed E-state index contributed by atoms with van der Waals surface area (Å²) in [6.07, 6.45) is 0.917. The summed E-state index contributed by atoms with van der Waals surface area (Å²) in [7, 11) is 1.61. The van der Waals surface area contributed by atoms with E-state index in [9.17, 15) is 4.79 Å². The zero-order valence-corrected chi connectivity index (χ0v) is 18.3. The molecule has 1 aliphatic heterocycles. The molecular formula is C23H28N3O3S+. The third kappa shape index (κ3) is 4.80. The summed E-state index contributed by atoms with van der Waals surface area (Å²) in [5, 5.41) is 0.750. The van der Waals surface area contributed by atoms with Crippen molar-refractivity contribution >= 4 is 32.6 Å². The predicted molar refractivity (Wildman–Crippen MR) is 120 cm³/mol. The molecule has 2 aromatic carbocycles. The van der Waals surface area contributed by atoms with E-state index in [1.54, 1.807) is 24.5 Å². The molecule has 158 valence electrons. The van der Waals surface area contributed by atoms with Gasteiger partial charge in [0.05, 0.1) is 37.1 Å². The molecule has 1 aliphatic rings. The number of nitrogens with zero attached hydrogens (tertiary/aromatic N) is 2. The van der Waals surface area contributed by atoms with E-state index in [2.05, 4.69) is 19.1 Å². The Balaban J connectivity index is 1.58. The highest BCUT2D eigenvalue weighted by Crippen LogP contribution is 2.31. The maximum absolute atomic E-state index is 13.4. The summed E-state index contributed by atoms with van der Waals surface area (Å²) in [5.74, 6) is 0.639. The average Bonchev–Trinajstić information content (AvgIpc) is 3.19. The molecule has 0 spiro atoms. The van der Waals surface area contributed by atoms with Crippen molar-refractivity contribution < 1.29 is 19.2 Å². The lowest BCUT2D eigenvalue weighted by Crippen LogP contribution is -3.14. The molecule has 0 bridgehead atoms. The van der Waals surface area contributed by atoms with Gasteiger partial charge < -0.3 is 14.4 Å². The Morgan fingerprint density at radius 3 is 2.87 bits per heavy atom. The van der Waals surface area contributed by atoms with Gasteiger partial charge in [-0.05, 0) is 42.8 Å². The third-order valence-electron chi connectivity index (χ3n) is 5.44. The minimum atomic E-state index is -0.0401. The van der Waals surface area contributed by atoms with E-state index in [0.29, 0.717) is 17.9 Å². The van der Waals surface area contributed by atoms with E-state index < -0.39 is 0 Å². The van der Waals surface area contributed by atoms with Gasteiger partial charge in [-0.3, -0.25) is 9.69 Å². The summed E-state index contributed by atoms with van der Waals surface area (Å²) in [6.45, 7) is 7.43. The number of ether oxygens (including phenoxy) is 2. The highest BCUT2D eigenvalue weighted by atomic mass is 32.1. The van der Waals surface area contributed by atoms with Crippen molar-refractivity contribution in [3.63, 3.8) is 0 Å². The largest absolute Gasteiger partial charge is 0.497 e. The maximum atomic E-state index is 13.4. The Morgan fingerprint density at radius 2 is 2.07 bits per heavy atom. The van der Waals surface area contributed by atoms with Crippen LogP contribution in [0.4, 0.5) is 5.13 Å². The van der Waals surface area contributed by atoms with Crippen molar-refractivity contribution in [1.29, 1.82) is 0 Å². The van der Waals surface area contributed by atoms with E-state index in [0.717, 1.165) is 54.6 Å². The van der Waals surface area contributed by atoms with Crippen LogP contribution in [-0.2, 0) is 4.74 Å². The van der Waals surface area contributed by atoms with Crippen LogP contribution in [0.3, 0.4) is 0 Å². The first-order chi connectivity index (χ1) is 14.6. The van der Waals surface area contributed by atoms with Gasteiger partial charge in [0.1, 0.15) is 18.8 Å². The molecule has 6 nitrogen and oxygen atoms in total. The van der Waals surface area contributed by atoms with Crippen LogP contribution in [0.2, 0.25) is 0 Å². The number of carbonyl (C=O) groups excluding carboxylic acids is 1. The number of quaternary nitrogens is 1. The molecule has 3 aromatic rings. The number of aryl methyl sites for hydroxylation is 1. The molecule has 4 rings (SSSR count). The van der Waals surface area contributed by atoms with E-state index in [-0.39, 0.29) is 5.91 Å². The number of hydrogen-bond acceptors (Lipinski definition) is 5. The Kier molecular flexibility index (Phi) is 6.62. The van der Waals surface area contributed by atoms with E-state index in [1.807, 2.05) is 29.2 Å². The van der Waals surface area contributed by atoms with Crippen LogP contribution in [0.15, 0.2) is 42.5 Å². The second-order valence-electron chi connectivity index (χ2n) is 7.62. The van der Waals surface area contributed by atoms with Gasteiger partial charge in [0.15, 0.2) is 5.13 Å². The lowest BCUT2D eigenvalue weighted by atomic mass is 10.2. The van der Waals surface area contributed by atoms with Crippen LogP contribution in [-0.4, -0.2) is 57.4 Å². The number of amides is 1. The summed E-state index contributed by atoms with van der Waals surface area (Å²) >= 11 is 1.57. The number of aromatic nitrogens is 1. The molecule has 0 saturated carbocycles. The number of anilines is 1. The summed E-state index contributed by atoms with van der Waals surface area (Å²) < 4.78 is 11.9. The Hall–Kier alpha value is -2.48. The number of fused-ring (bicyclic) bond motifs is 1. The number of methoxy groups -OCH3 is 1. The molecule has 0 unspecified atom stereocenters. The highest BCUT2D eigenvalue weighted by Gasteiger charge is 2.23. The first kappa shape index (κ1) is 20.8. The maximum Gasteiger partial charge on any atom is 0.260 e. The Bertz CT molecular complexity index is 1010. The second kappa shape index (κ2) is 9.55. The number of hydrogen-bond donors (Lipinski definition) is 1. The van der Waals surface area contributed by atoms with E-state index >= 15 is 0 Å². The quantitative estimate of drug-likeness (QED) is 0.631. The number of morpholine rings is 1. The number of carbonyl (C=O) groups is 1. The molecule has 30 heavy (non-hydrogen) atoms. The van der Waals surface area contributed by atoms with E-state index in [1.165, 1.54) is 10.5 Å². The number of nitrogens with one attached hydrogen (secondary N) is 1. The van der Waals surface area contributed by atoms with Gasteiger partial charge in [-0.25, -0.2) is 4.98 Å². The summed E-state index contributed by atoms with van der Waals surface area (Å²) in [4.78, 5) is 21.6. The third-order valence-corrected chi connectivity index (χ3v) is 6.48. The molecule has 2 heterocycles.